The lowest BCUT2D eigenvalue weighted by Crippen LogP contribution is -2.47. The van der Waals surface area contributed by atoms with E-state index in [2.05, 4.69) is 4.90 Å². The number of hydrogen-bond donors (Lipinski definition) is 1. The van der Waals surface area contributed by atoms with Gasteiger partial charge in [0.1, 0.15) is 0 Å². The highest BCUT2D eigenvalue weighted by molar-refractivity contribution is 4.89. The van der Waals surface area contributed by atoms with Crippen LogP contribution in [0.2, 0.25) is 0 Å². The van der Waals surface area contributed by atoms with Gasteiger partial charge in [0.2, 0.25) is 0 Å². The van der Waals surface area contributed by atoms with Gasteiger partial charge >= 0.3 is 0 Å². The molecule has 0 aromatic carbocycles. The first-order chi connectivity index (χ1) is 9.81. The highest BCUT2D eigenvalue weighted by Crippen LogP contribution is 2.39. The van der Waals surface area contributed by atoms with Gasteiger partial charge in [-0.15, -0.1) is 0 Å². The summed E-state index contributed by atoms with van der Waals surface area (Å²) in [4.78, 5) is 2.72. The second-order valence-electron chi connectivity index (χ2n) is 7.90. The van der Waals surface area contributed by atoms with Crippen molar-refractivity contribution in [3.8, 4) is 0 Å². The normalized spacial score (nSPS) is 35.2. The van der Waals surface area contributed by atoms with Gasteiger partial charge in [0, 0.05) is 25.1 Å². The van der Waals surface area contributed by atoms with Crippen LogP contribution in [0.5, 0.6) is 0 Å². The molecule has 3 aliphatic rings. The molecule has 116 valence electrons. The van der Waals surface area contributed by atoms with Crippen LogP contribution in [0.4, 0.5) is 0 Å². The van der Waals surface area contributed by atoms with Crippen LogP contribution in [0, 0.1) is 17.3 Å². The number of rotatable bonds is 3. The van der Waals surface area contributed by atoms with Gasteiger partial charge in [0.15, 0.2) is 0 Å². The summed E-state index contributed by atoms with van der Waals surface area (Å²) in [5.74, 6) is 2.00. The number of aliphatic hydroxyl groups is 1. The number of fused-ring (bicyclic) bond motifs is 1. The summed E-state index contributed by atoms with van der Waals surface area (Å²) in [6, 6.07) is 0. The third kappa shape index (κ3) is 3.39. The molecule has 1 aliphatic heterocycles. The quantitative estimate of drug-likeness (QED) is 0.794. The van der Waals surface area contributed by atoms with Gasteiger partial charge in [-0.25, -0.2) is 0 Å². The predicted molar refractivity (Wildman–Crippen MR) is 83.7 cm³/mol. The Hall–Kier alpha value is -0.0800. The molecule has 2 atom stereocenters. The largest absolute Gasteiger partial charge is 0.396 e. The van der Waals surface area contributed by atoms with Crippen LogP contribution in [-0.4, -0.2) is 36.2 Å². The predicted octanol–water partition coefficient (Wildman–Crippen LogP) is 3.83. The minimum atomic E-state index is 0.234. The average molecular weight is 279 g/mol. The van der Waals surface area contributed by atoms with Crippen molar-refractivity contribution in [3.63, 3.8) is 0 Å². The first kappa shape index (κ1) is 14.8. The van der Waals surface area contributed by atoms with Crippen molar-refractivity contribution in [2.24, 2.45) is 17.3 Å². The fraction of sp³-hybridized carbons (Fsp3) is 1.00. The van der Waals surface area contributed by atoms with Gasteiger partial charge in [0.25, 0.3) is 0 Å². The Morgan fingerprint density at radius 1 is 0.850 bits per heavy atom. The molecule has 1 N–H and O–H groups in total. The average Bonchev–Trinajstić information content (AvgIpc) is 2.73. The van der Waals surface area contributed by atoms with Crippen LogP contribution in [0.25, 0.3) is 0 Å². The van der Waals surface area contributed by atoms with Gasteiger partial charge in [0.05, 0.1) is 0 Å². The van der Waals surface area contributed by atoms with E-state index in [0.29, 0.717) is 6.61 Å². The number of piperidine rings is 1. The molecule has 1 heterocycles. The Balaban J connectivity index is 1.58. The van der Waals surface area contributed by atoms with Gasteiger partial charge in [-0.3, -0.25) is 0 Å². The summed E-state index contributed by atoms with van der Waals surface area (Å²) in [7, 11) is 0. The fourth-order valence-electron chi connectivity index (χ4n) is 5.14. The number of likely N-dealkylation sites (tertiary alicyclic amines) is 1. The molecule has 20 heavy (non-hydrogen) atoms. The first-order valence-electron chi connectivity index (χ1n) is 9.15. The van der Waals surface area contributed by atoms with Crippen molar-refractivity contribution < 1.29 is 5.11 Å². The maximum absolute atomic E-state index is 10.0. The Labute approximate surface area is 124 Å². The van der Waals surface area contributed by atoms with Crippen LogP contribution < -0.4 is 0 Å². The van der Waals surface area contributed by atoms with E-state index in [1.807, 2.05) is 0 Å². The van der Waals surface area contributed by atoms with Gasteiger partial charge in [-0.05, 0) is 44.1 Å². The number of hydrogen-bond acceptors (Lipinski definition) is 2. The van der Waals surface area contributed by atoms with Crippen molar-refractivity contribution in [2.75, 3.05) is 26.2 Å². The summed E-state index contributed by atoms with van der Waals surface area (Å²) >= 11 is 0. The van der Waals surface area contributed by atoms with Crippen LogP contribution >= 0.6 is 0 Å². The molecule has 0 aromatic heterocycles. The highest BCUT2D eigenvalue weighted by atomic mass is 16.3. The van der Waals surface area contributed by atoms with E-state index in [1.54, 1.807) is 0 Å². The molecule has 1 saturated heterocycles. The molecule has 3 rings (SSSR count). The van der Waals surface area contributed by atoms with E-state index in [0.717, 1.165) is 11.8 Å². The van der Waals surface area contributed by atoms with Gasteiger partial charge in [-0.1, -0.05) is 44.9 Å². The van der Waals surface area contributed by atoms with Crippen molar-refractivity contribution in [3.05, 3.63) is 0 Å². The molecule has 2 heteroatoms. The third-order valence-corrected chi connectivity index (χ3v) is 6.43. The van der Waals surface area contributed by atoms with Crippen LogP contribution in [0.1, 0.15) is 70.6 Å². The van der Waals surface area contributed by atoms with E-state index in [4.69, 9.17) is 0 Å². The lowest BCUT2D eigenvalue weighted by Gasteiger charge is -2.45. The van der Waals surface area contributed by atoms with Crippen molar-refractivity contribution >= 4 is 0 Å². The molecule has 3 fully saturated rings. The highest BCUT2D eigenvalue weighted by Gasteiger charge is 2.36. The zero-order valence-corrected chi connectivity index (χ0v) is 13.2. The Morgan fingerprint density at radius 2 is 1.55 bits per heavy atom. The Morgan fingerprint density at radius 3 is 2.25 bits per heavy atom. The second kappa shape index (κ2) is 6.79. The lowest BCUT2D eigenvalue weighted by atomic mass is 9.74. The fourth-order valence-corrected chi connectivity index (χ4v) is 5.14. The summed E-state index contributed by atoms with van der Waals surface area (Å²) in [6.07, 6.45) is 15.3. The lowest BCUT2D eigenvalue weighted by molar-refractivity contribution is 0.0181. The first-order valence-corrected chi connectivity index (χ1v) is 9.15. The second-order valence-corrected chi connectivity index (χ2v) is 7.90. The molecule has 2 nitrogen and oxygen atoms in total. The maximum atomic E-state index is 10.0. The molecule has 2 saturated carbocycles. The molecule has 0 bridgehead atoms. The Kier molecular flexibility index (Phi) is 5.04. The van der Waals surface area contributed by atoms with Crippen molar-refractivity contribution in [1.29, 1.82) is 0 Å². The molecule has 0 aromatic rings. The molecular formula is C18H33NO. The van der Waals surface area contributed by atoms with E-state index in [1.165, 1.54) is 90.3 Å². The Bertz CT molecular complexity index is 296. The standard InChI is InChI=1S/C18H33NO/c20-15-18(10-5-1-2-6-11-18)14-19-12-9-16-7-3-4-8-17(16)13-19/h16-17,20H,1-15H2. The molecule has 2 aliphatic carbocycles. The smallest absolute Gasteiger partial charge is 0.0499 e. The number of aliphatic hydroxyl groups excluding tert-OH is 1. The summed E-state index contributed by atoms with van der Waals surface area (Å²) in [5.41, 5.74) is 0.234. The SMILES string of the molecule is OCC1(CN2CCC3CCCCC3C2)CCCCCC1. The topological polar surface area (TPSA) is 23.5 Å². The third-order valence-electron chi connectivity index (χ3n) is 6.43. The molecule has 0 radical (unpaired) electrons. The van der Waals surface area contributed by atoms with Gasteiger partial charge < -0.3 is 10.0 Å². The minimum absolute atomic E-state index is 0.234. The van der Waals surface area contributed by atoms with Crippen molar-refractivity contribution in [1.82, 2.24) is 4.90 Å². The van der Waals surface area contributed by atoms with Crippen molar-refractivity contribution in [2.45, 2.75) is 70.6 Å². The zero-order valence-electron chi connectivity index (χ0n) is 13.2. The maximum Gasteiger partial charge on any atom is 0.0499 e. The summed E-state index contributed by atoms with van der Waals surface area (Å²) < 4.78 is 0. The summed E-state index contributed by atoms with van der Waals surface area (Å²) in [5, 5.41) is 10.0. The van der Waals surface area contributed by atoms with E-state index in [-0.39, 0.29) is 5.41 Å². The van der Waals surface area contributed by atoms with Crippen LogP contribution in [-0.2, 0) is 0 Å². The molecular weight excluding hydrogens is 246 g/mol. The molecule has 0 amide bonds. The minimum Gasteiger partial charge on any atom is -0.396 e. The number of nitrogens with zero attached hydrogens (tertiary/aromatic N) is 1. The van der Waals surface area contributed by atoms with Gasteiger partial charge in [-0.2, -0.15) is 0 Å². The van der Waals surface area contributed by atoms with Crippen LogP contribution in [0.3, 0.4) is 0 Å². The zero-order chi connectivity index (χ0) is 13.8. The van der Waals surface area contributed by atoms with Crippen LogP contribution in [0.15, 0.2) is 0 Å². The monoisotopic (exact) mass is 279 g/mol. The van der Waals surface area contributed by atoms with E-state index >= 15 is 0 Å². The summed E-state index contributed by atoms with van der Waals surface area (Å²) in [6.45, 7) is 4.21. The van der Waals surface area contributed by atoms with E-state index in [9.17, 15) is 5.11 Å². The molecule has 0 spiro atoms. The molecule has 2 unspecified atom stereocenters. The van der Waals surface area contributed by atoms with E-state index < -0.39 is 0 Å².